The topological polar surface area (TPSA) is 77.5 Å². The van der Waals surface area contributed by atoms with Crippen molar-refractivity contribution < 1.29 is 23.9 Å². The minimum Gasteiger partial charge on any atom is -0.458 e. The van der Waals surface area contributed by atoms with Crippen LogP contribution < -0.4 is 0 Å². The minimum absolute atomic E-state index is 0.0495. The van der Waals surface area contributed by atoms with Gasteiger partial charge >= 0.3 is 5.97 Å². The highest BCUT2D eigenvalue weighted by atomic mass is 16.6. The van der Waals surface area contributed by atoms with Gasteiger partial charge in [-0.15, -0.1) is 0 Å². The predicted molar refractivity (Wildman–Crippen MR) is 109 cm³/mol. The molecule has 6 rings (SSSR count). The molecule has 2 heterocycles. The summed E-state index contributed by atoms with van der Waals surface area (Å²) < 4.78 is 12.8. The van der Waals surface area contributed by atoms with Crippen LogP contribution in [-0.2, 0) is 23.9 Å². The van der Waals surface area contributed by atoms with E-state index in [1.54, 1.807) is 7.11 Å². The second-order valence-corrected chi connectivity index (χ2v) is 10.9. The Morgan fingerprint density at radius 2 is 2.03 bits per heavy atom. The largest absolute Gasteiger partial charge is 0.458 e. The van der Waals surface area contributed by atoms with E-state index in [1.165, 1.54) is 5.57 Å². The van der Waals surface area contributed by atoms with Crippen molar-refractivity contribution in [3.63, 3.8) is 0 Å². The third-order valence-corrected chi connectivity index (χ3v) is 10.1. The number of esters is 1. The van der Waals surface area contributed by atoms with Crippen LogP contribution in [-0.4, -0.2) is 42.4 Å². The van der Waals surface area contributed by atoms with Crippen molar-refractivity contribution in [3.8, 4) is 0 Å². The van der Waals surface area contributed by atoms with E-state index in [2.05, 4.69) is 25.1 Å². The molecule has 6 nitrogen and oxygen atoms in total. The standard InChI is InChI=1S/C24H31NO5/c1-21-7-4-16(26)11-15(21)10-14(13-25-28-3)20-17-5-8-23(9-6-19(27)30-23)22(17,2)12-18-24(20,21)29-18/h10,13-14,17-18,20H,4-9,11-12H2,1-3H3/t14-,17?,18+,20?,21-,22-,23+,24+/m0/s1. The van der Waals surface area contributed by atoms with E-state index in [-0.39, 0.29) is 45.9 Å². The SMILES string of the molecule is CON=C[C@@H]1C=C2CC(=O)CC[C@]2(C)[C@@]23O[C@@H]2C[C@@]2(C)C(CC[C@@]24CCC(=O)O4)C13. The van der Waals surface area contributed by atoms with Crippen LogP contribution in [0.3, 0.4) is 0 Å². The lowest BCUT2D eigenvalue weighted by Crippen LogP contribution is -2.61. The van der Waals surface area contributed by atoms with Gasteiger partial charge in [-0.1, -0.05) is 30.7 Å². The zero-order valence-electron chi connectivity index (χ0n) is 18.1. The number of oxime groups is 1. The number of nitrogens with zero attached hydrogens (tertiary/aromatic N) is 1. The lowest BCUT2D eigenvalue weighted by Gasteiger charge is -2.57. The molecule has 2 spiro atoms. The minimum atomic E-state index is -0.344. The molecule has 0 aromatic carbocycles. The Hall–Kier alpha value is -1.69. The highest BCUT2D eigenvalue weighted by molar-refractivity contribution is 5.83. The van der Waals surface area contributed by atoms with E-state index in [1.807, 2.05) is 6.21 Å². The normalized spacial score (nSPS) is 53.6. The number of Topliss-reactive ketones (excluding diaryl/α,β-unsaturated/α-hetero) is 1. The first-order valence-corrected chi connectivity index (χ1v) is 11.5. The van der Waals surface area contributed by atoms with Gasteiger partial charge in [0.2, 0.25) is 0 Å². The molecule has 30 heavy (non-hydrogen) atoms. The molecule has 4 aliphatic carbocycles. The van der Waals surface area contributed by atoms with E-state index in [0.29, 0.717) is 31.0 Å². The van der Waals surface area contributed by atoms with Crippen LogP contribution in [0.2, 0.25) is 0 Å². The summed E-state index contributed by atoms with van der Waals surface area (Å²) in [5.41, 5.74) is 0.467. The van der Waals surface area contributed by atoms with Crippen LogP contribution in [0.15, 0.2) is 16.8 Å². The molecule has 8 atom stereocenters. The highest BCUT2D eigenvalue weighted by Crippen LogP contribution is 2.77. The fraction of sp³-hybridized carbons (Fsp3) is 0.792. The molecule has 0 aromatic heterocycles. The summed E-state index contributed by atoms with van der Waals surface area (Å²) in [5.74, 6) is 1.00. The van der Waals surface area contributed by atoms with Crippen LogP contribution in [0, 0.1) is 28.6 Å². The van der Waals surface area contributed by atoms with Gasteiger partial charge in [0.15, 0.2) is 0 Å². The summed E-state index contributed by atoms with van der Waals surface area (Å²) in [6, 6.07) is 0. The second kappa shape index (κ2) is 5.76. The van der Waals surface area contributed by atoms with Crippen molar-refractivity contribution in [2.24, 2.45) is 33.7 Å². The van der Waals surface area contributed by atoms with Crippen molar-refractivity contribution in [1.82, 2.24) is 0 Å². The first kappa shape index (κ1) is 19.0. The summed E-state index contributed by atoms with van der Waals surface area (Å²) in [5, 5.41) is 4.16. The zero-order valence-corrected chi connectivity index (χ0v) is 18.1. The van der Waals surface area contributed by atoms with E-state index in [4.69, 9.17) is 14.3 Å². The molecule has 0 amide bonds. The van der Waals surface area contributed by atoms with Crippen molar-refractivity contribution in [2.75, 3.05) is 7.11 Å². The molecular weight excluding hydrogens is 382 g/mol. The maximum Gasteiger partial charge on any atom is 0.306 e. The van der Waals surface area contributed by atoms with Gasteiger partial charge in [0.25, 0.3) is 0 Å². The number of carbonyl (C=O) groups excluding carboxylic acids is 2. The second-order valence-electron chi connectivity index (χ2n) is 10.9. The monoisotopic (exact) mass is 413 g/mol. The molecule has 0 radical (unpaired) electrons. The third-order valence-electron chi connectivity index (χ3n) is 10.1. The predicted octanol–water partition coefficient (Wildman–Crippen LogP) is 3.58. The summed E-state index contributed by atoms with van der Waals surface area (Å²) in [6.07, 6.45) is 10.7. The summed E-state index contributed by atoms with van der Waals surface area (Å²) in [7, 11) is 1.57. The summed E-state index contributed by atoms with van der Waals surface area (Å²) in [4.78, 5) is 29.5. The maximum absolute atomic E-state index is 12.3. The van der Waals surface area contributed by atoms with Crippen LogP contribution in [0.5, 0.6) is 0 Å². The number of hydrogen-bond acceptors (Lipinski definition) is 6. The van der Waals surface area contributed by atoms with Crippen LogP contribution in [0.25, 0.3) is 0 Å². The Labute approximate surface area is 177 Å². The first-order valence-electron chi connectivity index (χ1n) is 11.5. The summed E-state index contributed by atoms with van der Waals surface area (Å²) >= 11 is 0. The fourth-order valence-electron chi connectivity index (χ4n) is 8.56. The van der Waals surface area contributed by atoms with Crippen LogP contribution >= 0.6 is 0 Å². The zero-order chi connectivity index (χ0) is 20.9. The number of epoxide rings is 1. The average molecular weight is 414 g/mol. The Morgan fingerprint density at radius 3 is 2.77 bits per heavy atom. The molecule has 0 N–H and O–H groups in total. The van der Waals surface area contributed by atoms with Crippen molar-refractivity contribution in [2.45, 2.75) is 82.5 Å². The van der Waals surface area contributed by atoms with Gasteiger partial charge in [-0.2, -0.15) is 0 Å². The molecule has 0 bridgehead atoms. The number of fused-ring (bicyclic) bond motifs is 4. The van der Waals surface area contributed by atoms with Gasteiger partial charge in [0.05, 0.1) is 12.3 Å². The molecule has 2 unspecified atom stereocenters. The Kier molecular flexibility index (Phi) is 3.65. The first-order chi connectivity index (χ1) is 14.3. The Balaban J connectivity index is 1.48. The van der Waals surface area contributed by atoms with Crippen molar-refractivity contribution in [3.05, 3.63) is 11.6 Å². The molecule has 6 aliphatic rings. The number of allylic oxidation sites excluding steroid dienone is 1. The molecule has 5 fully saturated rings. The third kappa shape index (κ3) is 2.02. The van der Waals surface area contributed by atoms with Crippen molar-refractivity contribution >= 4 is 18.0 Å². The molecule has 2 saturated heterocycles. The number of ketones is 1. The van der Waals surface area contributed by atoms with Gasteiger partial charge < -0.3 is 14.3 Å². The van der Waals surface area contributed by atoms with E-state index < -0.39 is 0 Å². The van der Waals surface area contributed by atoms with Gasteiger partial charge in [-0.25, -0.2) is 0 Å². The van der Waals surface area contributed by atoms with Crippen molar-refractivity contribution in [1.29, 1.82) is 0 Å². The Morgan fingerprint density at radius 1 is 1.20 bits per heavy atom. The number of rotatable bonds is 2. The average Bonchev–Trinajstić information content (AvgIpc) is 3.19. The smallest absolute Gasteiger partial charge is 0.306 e. The van der Waals surface area contributed by atoms with Gasteiger partial charge in [-0.05, 0) is 38.0 Å². The van der Waals surface area contributed by atoms with Gasteiger partial charge in [0, 0.05) is 41.9 Å². The molecule has 6 heteroatoms. The van der Waals surface area contributed by atoms with E-state index in [9.17, 15) is 9.59 Å². The fourth-order valence-corrected chi connectivity index (χ4v) is 8.56. The molecule has 2 aliphatic heterocycles. The molecular formula is C24H31NO5. The molecule has 162 valence electrons. The number of ether oxygens (including phenoxy) is 2. The van der Waals surface area contributed by atoms with E-state index in [0.717, 1.165) is 32.1 Å². The number of hydrogen-bond donors (Lipinski definition) is 0. The van der Waals surface area contributed by atoms with Crippen LogP contribution in [0.4, 0.5) is 0 Å². The number of carbonyl (C=O) groups is 2. The summed E-state index contributed by atoms with van der Waals surface area (Å²) in [6.45, 7) is 4.66. The van der Waals surface area contributed by atoms with Gasteiger partial charge in [-0.3, -0.25) is 9.59 Å². The lowest BCUT2D eigenvalue weighted by molar-refractivity contribution is -0.164. The molecule has 0 aromatic rings. The highest BCUT2D eigenvalue weighted by Gasteiger charge is 2.82. The molecule has 3 saturated carbocycles. The quantitative estimate of drug-likeness (QED) is 0.227. The van der Waals surface area contributed by atoms with Crippen LogP contribution in [0.1, 0.15) is 65.2 Å². The Bertz CT molecular complexity index is 896. The van der Waals surface area contributed by atoms with Gasteiger partial charge in [0.1, 0.15) is 24.1 Å². The lowest BCUT2D eigenvalue weighted by atomic mass is 9.44. The maximum atomic E-state index is 12.3. The van der Waals surface area contributed by atoms with E-state index >= 15 is 0 Å².